The third kappa shape index (κ3) is 34.2. The molecule has 0 aromatic heterocycles. The molecule has 4 nitrogen and oxygen atoms in total. The Morgan fingerprint density at radius 3 is 1.43 bits per heavy atom. The molecule has 0 aliphatic rings. The Hall–Kier alpha value is 1.74. The second kappa shape index (κ2) is 24.0. The third-order valence-electron chi connectivity index (χ3n) is 2.73. The molecule has 0 atom stereocenters. The van der Waals surface area contributed by atoms with Gasteiger partial charge in [-0.15, -0.1) is 37.2 Å². The van der Waals surface area contributed by atoms with Crippen LogP contribution in [0.3, 0.4) is 0 Å². The van der Waals surface area contributed by atoms with Crippen molar-refractivity contribution in [1.29, 1.82) is 0 Å². The maximum absolute atomic E-state index is 10.1. The minimum Gasteiger partial charge on any atom is -0.726 e. The molecule has 128 valence electrons. The summed E-state index contributed by atoms with van der Waals surface area (Å²) in [7, 11) is -4.48. The SMILES string of the molecule is CCCCCCCCCCCCOS(=O)(=O)[O-].Cl.Cl.Cl.[Na+]. The van der Waals surface area contributed by atoms with Crippen LogP contribution in [0.5, 0.6) is 0 Å². The summed E-state index contributed by atoms with van der Waals surface area (Å²) in [5.41, 5.74) is 0. The summed E-state index contributed by atoms with van der Waals surface area (Å²) in [4.78, 5) is 0. The Kier molecular flexibility index (Phi) is 39.0. The van der Waals surface area contributed by atoms with Crippen LogP contribution in [-0.4, -0.2) is 19.6 Å². The van der Waals surface area contributed by atoms with Gasteiger partial charge in [-0.1, -0.05) is 64.7 Å². The molecule has 0 heterocycles. The first kappa shape index (κ1) is 34.2. The van der Waals surface area contributed by atoms with Crippen molar-refractivity contribution in [3.8, 4) is 0 Å². The van der Waals surface area contributed by atoms with Crippen LogP contribution < -0.4 is 29.6 Å². The molecule has 21 heavy (non-hydrogen) atoms. The van der Waals surface area contributed by atoms with Crippen molar-refractivity contribution in [3.63, 3.8) is 0 Å². The summed E-state index contributed by atoms with van der Waals surface area (Å²) in [5.74, 6) is 0. The van der Waals surface area contributed by atoms with Crippen LogP contribution in [0.4, 0.5) is 0 Å². The molecule has 9 heteroatoms. The fraction of sp³-hybridized carbons (Fsp3) is 1.00. The van der Waals surface area contributed by atoms with Gasteiger partial charge in [-0.2, -0.15) is 0 Å². The van der Waals surface area contributed by atoms with Crippen LogP contribution >= 0.6 is 37.2 Å². The largest absolute Gasteiger partial charge is 1.00 e. The zero-order chi connectivity index (χ0) is 13.0. The van der Waals surface area contributed by atoms with Gasteiger partial charge in [0.25, 0.3) is 0 Å². The van der Waals surface area contributed by atoms with E-state index in [9.17, 15) is 13.0 Å². The van der Waals surface area contributed by atoms with E-state index < -0.39 is 10.4 Å². The number of hydrogen-bond donors (Lipinski definition) is 0. The van der Waals surface area contributed by atoms with Crippen molar-refractivity contribution in [2.24, 2.45) is 0 Å². The molecule has 0 unspecified atom stereocenters. The van der Waals surface area contributed by atoms with Crippen LogP contribution in [0.25, 0.3) is 0 Å². The number of hydrogen-bond acceptors (Lipinski definition) is 4. The molecular formula is C12H28Cl3NaO4S. The van der Waals surface area contributed by atoms with Crippen molar-refractivity contribution in [3.05, 3.63) is 0 Å². The zero-order valence-electron chi connectivity index (χ0n) is 13.0. The van der Waals surface area contributed by atoms with Crippen LogP contribution in [0.2, 0.25) is 0 Å². The van der Waals surface area contributed by atoms with Gasteiger partial charge in [-0.25, -0.2) is 8.42 Å². The van der Waals surface area contributed by atoms with E-state index in [4.69, 9.17) is 0 Å². The number of halogens is 3. The van der Waals surface area contributed by atoms with Crippen molar-refractivity contribution in [1.82, 2.24) is 0 Å². The molecule has 0 bridgehead atoms. The van der Waals surface area contributed by atoms with Gasteiger partial charge in [-0.05, 0) is 6.42 Å². The summed E-state index contributed by atoms with van der Waals surface area (Å²) in [6.07, 6.45) is 11.7. The minimum atomic E-state index is -4.48. The first-order chi connectivity index (χ1) is 8.06. The molecule has 0 radical (unpaired) electrons. The molecule has 0 rings (SSSR count). The van der Waals surface area contributed by atoms with Gasteiger partial charge >= 0.3 is 29.6 Å². The molecule has 0 amide bonds. The quantitative estimate of drug-likeness (QED) is 0.217. The van der Waals surface area contributed by atoms with Gasteiger partial charge in [0.1, 0.15) is 0 Å². The third-order valence-corrected chi connectivity index (χ3v) is 3.18. The number of rotatable bonds is 12. The van der Waals surface area contributed by atoms with E-state index in [2.05, 4.69) is 11.1 Å². The second-order valence-corrected chi connectivity index (χ2v) is 5.46. The summed E-state index contributed by atoms with van der Waals surface area (Å²) in [6.45, 7) is 2.24. The molecule has 0 saturated carbocycles. The molecule has 0 fully saturated rings. The summed E-state index contributed by atoms with van der Waals surface area (Å²) in [6, 6.07) is 0. The summed E-state index contributed by atoms with van der Waals surface area (Å²) < 4.78 is 34.5. The van der Waals surface area contributed by atoms with Crippen LogP contribution in [0, 0.1) is 0 Å². The predicted octanol–water partition coefficient (Wildman–Crippen LogP) is 1.65. The fourth-order valence-corrected chi connectivity index (χ4v) is 2.07. The fourth-order valence-electron chi connectivity index (χ4n) is 1.75. The van der Waals surface area contributed by atoms with Gasteiger partial charge < -0.3 is 4.55 Å². The average Bonchev–Trinajstić information content (AvgIpc) is 2.24. The topological polar surface area (TPSA) is 66.4 Å². The van der Waals surface area contributed by atoms with Gasteiger partial charge in [0.05, 0.1) is 6.61 Å². The Balaban J connectivity index is -0.000000213. The van der Waals surface area contributed by atoms with E-state index in [0.29, 0.717) is 6.42 Å². The van der Waals surface area contributed by atoms with Crippen molar-refractivity contribution in [2.75, 3.05) is 6.61 Å². The van der Waals surface area contributed by atoms with Gasteiger partial charge in [0.15, 0.2) is 0 Å². The smallest absolute Gasteiger partial charge is 0.726 e. The molecule has 0 N–H and O–H groups in total. The first-order valence-electron chi connectivity index (χ1n) is 6.66. The second-order valence-electron chi connectivity index (χ2n) is 4.41. The zero-order valence-corrected chi connectivity index (χ0v) is 18.3. The average molecular weight is 398 g/mol. The first-order valence-corrected chi connectivity index (χ1v) is 8.00. The van der Waals surface area contributed by atoms with Gasteiger partial charge in [0, 0.05) is 0 Å². The van der Waals surface area contributed by atoms with E-state index in [-0.39, 0.29) is 73.4 Å². The summed E-state index contributed by atoms with van der Waals surface area (Å²) in [5, 5.41) is 0. The Morgan fingerprint density at radius 2 is 1.10 bits per heavy atom. The van der Waals surface area contributed by atoms with Crippen molar-refractivity contribution in [2.45, 2.75) is 71.1 Å². The maximum atomic E-state index is 10.1. The van der Waals surface area contributed by atoms with E-state index in [1.807, 2.05) is 0 Å². The van der Waals surface area contributed by atoms with E-state index in [1.54, 1.807) is 0 Å². The Labute approximate surface area is 171 Å². The van der Waals surface area contributed by atoms with E-state index in [1.165, 1.54) is 44.9 Å². The van der Waals surface area contributed by atoms with Gasteiger partial charge in [0.2, 0.25) is 10.4 Å². The number of unbranched alkanes of at least 4 members (excludes halogenated alkanes) is 9. The standard InChI is InChI=1S/C12H26O4S.3ClH.Na/c1-2-3-4-5-6-7-8-9-10-11-12-16-17(13,14)15;;;;/h2-12H2,1H3,(H,13,14,15);3*1H;/q;;;;+1/p-1. The van der Waals surface area contributed by atoms with Crippen LogP contribution in [0.15, 0.2) is 0 Å². The molecule has 0 aromatic carbocycles. The Morgan fingerprint density at radius 1 is 0.762 bits per heavy atom. The predicted molar refractivity (Wildman–Crippen MR) is 89.2 cm³/mol. The minimum absolute atomic E-state index is 0. The molecular weight excluding hydrogens is 370 g/mol. The van der Waals surface area contributed by atoms with E-state index in [0.717, 1.165) is 12.8 Å². The van der Waals surface area contributed by atoms with E-state index >= 15 is 0 Å². The van der Waals surface area contributed by atoms with Gasteiger partial charge in [-0.3, -0.25) is 4.18 Å². The molecule has 0 aliphatic carbocycles. The maximum Gasteiger partial charge on any atom is 1.00 e. The molecule has 0 aromatic rings. The monoisotopic (exact) mass is 396 g/mol. The summed E-state index contributed by atoms with van der Waals surface area (Å²) >= 11 is 0. The normalized spacial score (nSPS) is 9.62. The van der Waals surface area contributed by atoms with Crippen molar-refractivity contribution >= 4 is 47.6 Å². The van der Waals surface area contributed by atoms with Crippen LogP contribution in [-0.2, 0) is 14.6 Å². The Bertz CT molecular complexity index is 267. The molecule has 0 spiro atoms. The molecule has 0 aliphatic heterocycles. The van der Waals surface area contributed by atoms with Crippen LogP contribution in [0.1, 0.15) is 71.1 Å². The molecule has 0 saturated heterocycles. The van der Waals surface area contributed by atoms with Crippen molar-refractivity contribution < 1.29 is 46.7 Å².